The minimum atomic E-state index is -1.71. The molecule has 1 rings (SSSR count). The molecule has 17 heavy (non-hydrogen) atoms. The molecule has 0 saturated carbocycles. The Kier molecular flexibility index (Phi) is 3.18. The molecule has 8 nitrogen and oxygen atoms in total. The minimum Gasteiger partial charge on any atom is -0.480 e. The first-order chi connectivity index (χ1) is 7.66. The summed E-state index contributed by atoms with van der Waals surface area (Å²) in [6.07, 6.45) is -0.370. The SMILES string of the molecule is CN1C(=O)NC(=O)C(CC(C)(N)C(=O)O)C1=O. The number of hydrogen-bond acceptors (Lipinski definition) is 5. The molecule has 1 fully saturated rings. The molecule has 1 saturated heterocycles. The molecule has 2 unspecified atom stereocenters. The van der Waals surface area contributed by atoms with E-state index in [4.69, 9.17) is 10.8 Å². The highest BCUT2D eigenvalue weighted by Crippen LogP contribution is 2.20. The van der Waals surface area contributed by atoms with Crippen molar-refractivity contribution in [3.8, 4) is 0 Å². The van der Waals surface area contributed by atoms with E-state index in [1.807, 2.05) is 5.32 Å². The van der Waals surface area contributed by atoms with Crippen LogP contribution < -0.4 is 11.1 Å². The molecule has 4 amide bonds. The summed E-state index contributed by atoms with van der Waals surface area (Å²) in [5.41, 5.74) is 3.75. The quantitative estimate of drug-likeness (QED) is 0.517. The van der Waals surface area contributed by atoms with Gasteiger partial charge in [-0.05, 0) is 13.3 Å². The number of barbiturate groups is 1. The number of carboxylic acid groups (broad SMARTS) is 1. The van der Waals surface area contributed by atoms with Gasteiger partial charge < -0.3 is 10.8 Å². The Hall–Kier alpha value is -1.96. The average molecular weight is 243 g/mol. The van der Waals surface area contributed by atoms with Crippen LogP contribution in [0.3, 0.4) is 0 Å². The smallest absolute Gasteiger partial charge is 0.330 e. The van der Waals surface area contributed by atoms with Crippen LogP contribution in [0.15, 0.2) is 0 Å². The predicted octanol–water partition coefficient (Wildman–Crippen LogP) is -1.50. The monoisotopic (exact) mass is 243 g/mol. The lowest BCUT2D eigenvalue weighted by Gasteiger charge is -2.30. The molecule has 0 bridgehead atoms. The van der Waals surface area contributed by atoms with Gasteiger partial charge in [0.25, 0.3) is 0 Å². The zero-order valence-corrected chi connectivity index (χ0v) is 9.39. The van der Waals surface area contributed by atoms with Crippen LogP contribution in [0.1, 0.15) is 13.3 Å². The third-order valence-corrected chi connectivity index (χ3v) is 2.60. The van der Waals surface area contributed by atoms with E-state index in [1.165, 1.54) is 14.0 Å². The van der Waals surface area contributed by atoms with Gasteiger partial charge >= 0.3 is 12.0 Å². The van der Waals surface area contributed by atoms with Gasteiger partial charge in [0.2, 0.25) is 11.8 Å². The first-order valence-electron chi connectivity index (χ1n) is 4.81. The number of urea groups is 1. The summed E-state index contributed by atoms with van der Waals surface area (Å²) < 4.78 is 0. The van der Waals surface area contributed by atoms with E-state index in [0.717, 1.165) is 4.90 Å². The van der Waals surface area contributed by atoms with Gasteiger partial charge in [0.05, 0.1) is 0 Å². The number of carboxylic acids is 1. The van der Waals surface area contributed by atoms with E-state index in [0.29, 0.717) is 0 Å². The van der Waals surface area contributed by atoms with Crippen LogP contribution in [0.4, 0.5) is 4.79 Å². The van der Waals surface area contributed by atoms with Crippen molar-refractivity contribution in [1.82, 2.24) is 10.2 Å². The summed E-state index contributed by atoms with van der Waals surface area (Å²) in [6, 6.07) is -0.828. The van der Waals surface area contributed by atoms with Gasteiger partial charge in [-0.3, -0.25) is 24.6 Å². The molecule has 1 aliphatic rings. The number of carbonyl (C=O) groups excluding carboxylic acids is 3. The third kappa shape index (κ3) is 2.41. The summed E-state index contributed by atoms with van der Waals surface area (Å²) in [5, 5.41) is 10.8. The van der Waals surface area contributed by atoms with Crippen molar-refractivity contribution in [2.75, 3.05) is 7.05 Å². The lowest BCUT2D eigenvalue weighted by atomic mass is 9.87. The maximum absolute atomic E-state index is 11.6. The van der Waals surface area contributed by atoms with Gasteiger partial charge in [-0.25, -0.2) is 4.79 Å². The van der Waals surface area contributed by atoms with Crippen molar-refractivity contribution >= 4 is 23.8 Å². The van der Waals surface area contributed by atoms with Crippen LogP contribution >= 0.6 is 0 Å². The van der Waals surface area contributed by atoms with E-state index < -0.39 is 35.3 Å². The molecular formula is C9H13N3O5. The Bertz CT molecular complexity index is 403. The Balaban J connectivity index is 2.91. The Morgan fingerprint density at radius 1 is 1.53 bits per heavy atom. The molecular weight excluding hydrogens is 230 g/mol. The van der Waals surface area contributed by atoms with Crippen LogP contribution in [-0.4, -0.2) is 46.4 Å². The molecule has 0 aliphatic carbocycles. The maximum atomic E-state index is 11.6. The highest BCUT2D eigenvalue weighted by molar-refractivity contribution is 6.16. The molecule has 1 heterocycles. The zero-order valence-electron chi connectivity index (χ0n) is 9.39. The van der Waals surface area contributed by atoms with Gasteiger partial charge in [-0.2, -0.15) is 0 Å². The highest BCUT2D eigenvalue weighted by Gasteiger charge is 2.43. The first-order valence-corrected chi connectivity index (χ1v) is 4.81. The zero-order chi connectivity index (χ0) is 13.4. The second-order valence-corrected chi connectivity index (χ2v) is 4.17. The van der Waals surface area contributed by atoms with Gasteiger partial charge in [0, 0.05) is 7.05 Å². The summed E-state index contributed by atoms with van der Waals surface area (Å²) in [7, 11) is 1.20. The second kappa shape index (κ2) is 4.13. The number of amides is 4. The fraction of sp³-hybridized carbons (Fsp3) is 0.556. The standard InChI is InChI=1S/C9H13N3O5/c1-9(10,7(15)16)3-4-5(13)11-8(17)12(2)6(4)14/h4H,3,10H2,1-2H3,(H,15,16)(H,11,13,17). The largest absolute Gasteiger partial charge is 0.480 e. The number of aliphatic carboxylic acids is 1. The molecule has 94 valence electrons. The topological polar surface area (TPSA) is 130 Å². The maximum Gasteiger partial charge on any atom is 0.330 e. The van der Waals surface area contributed by atoms with Crippen LogP contribution in [0.5, 0.6) is 0 Å². The van der Waals surface area contributed by atoms with Crippen LogP contribution in [0.25, 0.3) is 0 Å². The Labute approximate surface area is 96.7 Å². The second-order valence-electron chi connectivity index (χ2n) is 4.17. The van der Waals surface area contributed by atoms with E-state index in [2.05, 4.69) is 0 Å². The van der Waals surface area contributed by atoms with E-state index in [-0.39, 0.29) is 6.42 Å². The lowest BCUT2D eigenvalue weighted by molar-refractivity contribution is -0.146. The average Bonchev–Trinajstić information content (AvgIpc) is 2.21. The number of imide groups is 2. The predicted molar refractivity (Wildman–Crippen MR) is 54.6 cm³/mol. The fourth-order valence-electron chi connectivity index (χ4n) is 1.41. The molecule has 8 heteroatoms. The van der Waals surface area contributed by atoms with Gasteiger partial charge in [0.15, 0.2) is 0 Å². The molecule has 0 radical (unpaired) electrons. The van der Waals surface area contributed by atoms with Crippen molar-refractivity contribution in [3.05, 3.63) is 0 Å². The van der Waals surface area contributed by atoms with E-state index in [9.17, 15) is 19.2 Å². The molecule has 0 spiro atoms. The normalized spacial score (nSPS) is 24.3. The van der Waals surface area contributed by atoms with Gasteiger partial charge in [-0.1, -0.05) is 0 Å². The molecule has 1 aliphatic heterocycles. The summed E-state index contributed by atoms with van der Waals surface area (Å²) in [6.45, 7) is 1.20. The Morgan fingerprint density at radius 3 is 2.53 bits per heavy atom. The lowest BCUT2D eigenvalue weighted by Crippen LogP contribution is -2.59. The van der Waals surface area contributed by atoms with Crippen molar-refractivity contribution in [2.45, 2.75) is 18.9 Å². The first kappa shape index (κ1) is 13.1. The van der Waals surface area contributed by atoms with Crippen molar-refractivity contribution < 1.29 is 24.3 Å². The minimum absolute atomic E-state index is 0.370. The summed E-state index contributed by atoms with van der Waals surface area (Å²) >= 11 is 0. The summed E-state index contributed by atoms with van der Waals surface area (Å²) in [4.78, 5) is 45.7. The molecule has 0 aromatic heterocycles. The van der Waals surface area contributed by atoms with Crippen LogP contribution in [-0.2, 0) is 14.4 Å². The van der Waals surface area contributed by atoms with Crippen molar-refractivity contribution in [2.24, 2.45) is 11.7 Å². The number of rotatable bonds is 3. The van der Waals surface area contributed by atoms with Crippen LogP contribution in [0.2, 0.25) is 0 Å². The van der Waals surface area contributed by atoms with E-state index >= 15 is 0 Å². The number of nitrogens with zero attached hydrogens (tertiary/aromatic N) is 1. The van der Waals surface area contributed by atoms with Crippen LogP contribution in [0, 0.1) is 5.92 Å². The molecule has 0 aromatic carbocycles. The van der Waals surface area contributed by atoms with Crippen molar-refractivity contribution in [3.63, 3.8) is 0 Å². The third-order valence-electron chi connectivity index (χ3n) is 2.60. The number of nitrogens with one attached hydrogen (secondary N) is 1. The Morgan fingerprint density at radius 2 is 2.06 bits per heavy atom. The molecule has 0 aromatic rings. The van der Waals surface area contributed by atoms with Crippen molar-refractivity contribution in [1.29, 1.82) is 0 Å². The highest BCUT2D eigenvalue weighted by atomic mass is 16.4. The number of carbonyl (C=O) groups is 4. The number of hydrogen-bond donors (Lipinski definition) is 3. The summed E-state index contributed by atoms with van der Waals surface area (Å²) in [5.74, 6) is -4.16. The number of nitrogens with two attached hydrogens (primary N) is 1. The van der Waals surface area contributed by atoms with E-state index in [1.54, 1.807) is 0 Å². The van der Waals surface area contributed by atoms with Gasteiger partial charge in [-0.15, -0.1) is 0 Å². The fourth-order valence-corrected chi connectivity index (χ4v) is 1.41. The molecule has 4 N–H and O–H groups in total. The van der Waals surface area contributed by atoms with Gasteiger partial charge in [0.1, 0.15) is 11.5 Å². The molecule has 2 atom stereocenters.